The van der Waals surface area contributed by atoms with Crippen LogP contribution in [0.4, 0.5) is 5.69 Å². The summed E-state index contributed by atoms with van der Waals surface area (Å²) in [5.74, 6) is 2.14. The van der Waals surface area contributed by atoms with Crippen LogP contribution in [0, 0.1) is 25.7 Å². The largest absolute Gasteiger partial charge is 0.508 e. The van der Waals surface area contributed by atoms with Gasteiger partial charge in [-0.3, -0.25) is 9.59 Å². The van der Waals surface area contributed by atoms with Gasteiger partial charge in [0.05, 0.1) is 7.11 Å². The monoisotopic (exact) mass is 453 g/mol. The van der Waals surface area contributed by atoms with Gasteiger partial charge in [0, 0.05) is 23.2 Å². The molecule has 5 nitrogen and oxygen atoms in total. The first-order valence-electron chi connectivity index (χ1n) is 12.0. The molecule has 0 heterocycles. The van der Waals surface area contributed by atoms with Crippen molar-refractivity contribution < 1.29 is 19.4 Å². The summed E-state index contributed by atoms with van der Waals surface area (Å²) >= 11 is 0. The number of hydrogen-bond donors (Lipinski definition) is 2. The molecular weight excluding hydrogens is 414 g/mol. The summed E-state index contributed by atoms with van der Waals surface area (Å²) in [4.78, 5) is 23.5. The zero-order valence-corrected chi connectivity index (χ0v) is 21.0. The molecule has 0 aromatic heterocycles. The van der Waals surface area contributed by atoms with Crippen molar-refractivity contribution in [1.82, 2.24) is 0 Å². The van der Waals surface area contributed by atoms with E-state index in [0.29, 0.717) is 5.56 Å². The molecule has 2 aromatic rings. The molecule has 2 aromatic carbocycles. The molecule has 0 saturated heterocycles. The quantitative estimate of drug-likeness (QED) is 0.482. The van der Waals surface area contributed by atoms with Crippen molar-refractivity contribution >= 4 is 17.4 Å². The summed E-state index contributed by atoms with van der Waals surface area (Å²) in [5, 5.41) is 12.3. The van der Waals surface area contributed by atoms with Crippen LogP contribution in [0.3, 0.4) is 0 Å². The second-order valence-electron chi connectivity index (χ2n) is 9.00. The minimum absolute atomic E-state index is 0.0100. The first-order chi connectivity index (χ1) is 15.7. The summed E-state index contributed by atoms with van der Waals surface area (Å²) in [6.45, 7) is 9.67. The number of phenols is 1. The van der Waals surface area contributed by atoms with Gasteiger partial charge in [-0.25, -0.2) is 0 Å². The molecule has 3 rings (SSSR count). The van der Waals surface area contributed by atoms with Gasteiger partial charge in [0.2, 0.25) is 5.91 Å². The number of aryl methyl sites for hydroxylation is 2. The van der Waals surface area contributed by atoms with Crippen molar-refractivity contribution in [3.05, 3.63) is 52.6 Å². The molecule has 1 fully saturated rings. The predicted octanol–water partition coefficient (Wildman–Crippen LogP) is 6.62. The average Bonchev–Trinajstić information content (AvgIpc) is 2.80. The lowest BCUT2D eigenvalue weighted by Crippen LogP contribution is -2.27. The van der Waals surface area contributed by atoms with Gasteiger partial charge in [0.15, 0.2) is 5.78 Å². The van der Waals surface area contributed by atoms with E-state index >= 15 is 0 Å². The van der Waals surface area contributed by atoms with Gasteiger partial charge in [-0.1, -0.05) is 26.3 Å². The first-order valence-corrected chi connectivity index (χ1v) is 12.0. The fourth-order valence-electron chi connectivity index (χ4n) is 4.56. The van der Waals surface area contributed by atoms with Crippen LogP contribution < -0.4 is 10.1 Å². The van der Waals surface area contributed by atoms with Gasteiger partial charge >= 0.3 is 0 Å². The van der Waals surface area contributed by atoms with Gasteiger partial charge in [-0.15, -0.1) is 0 Å². The molecule has 2 N–H and O–H groups in total. The molecule has 0 radical (unpaired) electrons. The van der Waals surface area contributed by atoms with E-state index in [1.807, 2.05) is 39.0 Å². The van der Waals surface area contributed by atoms with Crippen molar-refractivity contribution in [2.24, 2.45) is 11.8 Å². The molecule has 1 saturated carbocycles. The van der Waals surface area contributed by atoms with E-state index in [9.17, 15) is 14.7 Å². The Morgan fingerprint density at radius 1 is 1.03 bits per heavy atom. The molecule has 0 bridgehead atoms. The number of phenolic OH excluding ortho intramolecular Hbond substituents is 1. The molecule has 0 atom stereocenters. The fourth-order valence-corrected chi connectivity index (χ4v) is 4.56. The number of amides is 1. The Hall–Kier alpha value is -2.82. The lowest BCUT2D eigenvalue weighted by atomic mass is 9.80. The van der Waals surface area contributed by atoms with Crippen LogP contribution in [-0.4, -0.2) is 23.9 Å². The number of benzene rings is 2. The predicted molar refractivity (Wildman–Crippen MR) is 134 cm³/mol. The Balaban J connectivity index is 0.000000257. The Morgan fingerprint density at radius 3 is 2.24 bits per heavy atom. The molecule has 1 aliphatic carbocycles. The number of Topliss-reactive ketones (excluding diaryl/α,β-unsaturated/α-hetero) is 1. The SMILES string of the molecule is CCC1CCC(C(=O)Nc2ccc(C)c(OC)c2)CC1.CCc1c(C)cc(O)cc1C(C)=O. The van der Waals surface area contributed by atoms with Crippen molar-refractivity contribution in [2.45, 2.75) is 73.1 Å². The standard InChI is InChI=1S/C17H25NO2.C11H14O2/c1-4-13-6-8-14(9-7-13)17(19)18-15-10-5-12(2)16(11-15)20-3;1-4-10-7(2)5-9(13)6-11(10)8(3)12/h5,10-11,13-14H,4,6-9H2,1-3H3,(H,18,19);5-6,13H,4H2,1-3H3. The van der Waals surface area contributed by atoms with Crippen molar-refractivity contribution in [3.63, 3.8) is 0 Å². The number of carbonyl (C=O) groups is 2. The lowest BCUT2D eigenvalue weighted by molar-refractivity contribution is -0.121. The Labute approximate surface area is 198 Å². The van der Waals surface area contributed by atoms with Crippen LogP contribution in [0.15, 0.2) is 30.3 Å². The zero-order valence-electron chi connectivity index (χ0n) is 21.0. The number of rotatable bonds is 6. The van der Waals surface area contributed by atoms with Gasteiger partial charge in [0.25, 0.3) is 0 Å². The molecule has 1 aliphatic rings. The topological polar surface area (TPSA) is 75.6 Å². The number of aromatic hydroxyl groups is 1. The minimum Gasteiger partial charge on any atom is -0.508 e. The van der Waals surface area contributed by atoms with Crippen LogP contribution in [0.25, 0.3) is 0 Å². The Bertz CT molecular complexity index is 959. The number of anilines is 1. The van der Waals surface area contributed by atoms with E-state index in [-0.39, 0.29) is 23.4 Å². The molecule has 0 aliphatic heterocycles. The van der Waals surface area contributed by atoms with E-state index in [2.05, 4.69) is 12.2 Å². The Kier molecular flexibility index (Phi) is 9.95. The van der Waals surface area contributed by atoms with Crippen molar-refractivity contribution in [1.29, 1.82) is 0 Å². The van der Waals surface area contributed by atoms with Crippen molar-refractivity contribution in [2.75, 3.05) is 12.4 Å². The second-order valence-corrected chi connectivity index (χ2v) is 9.00. The molecule has 1 amide bonds. The van der Waals surface area contributed by atoms with E-state index in [1.165, 1.54) is 32.3 Å². The van der Waals surface area contributed by atoms with Gasteiger partial charge < -0.3 is 15.2 Å². The second kappa shape index (κ2) is 12.4. The molecule has 0 unspecified atom stereocenters. The van der Waals surface area contributed by atoms with E-state index in [0.717, 1.165) is 53.3 Å². The number of ether oxygens (including phenoxy) is 1. The molecule has 180 valence electrons. The molecule has 5 heteroatoms. The maximum atomic E-state index is 12.3. The maximum absolute atomic E-state index is 12.3. The minimum atomic E-state index is 0.0100. The summed E-state index contributed by atoms with van der Waals surface area (Å²) in [7, 11) is 1.65. The van der Waals surface area contributed by atoms with E-state index in [1.54, 1.807) is 13.2 Å². The summed E-state index contributed by atoms with van der Waals surface area (Å²) in [6.07, 6.45) is 6.48. The molecule has 33 heavy (non-hydrogen) atoms. The summed E-state index contributed by atoms with van der Waals surface area (Å²) in [5.41, 5.74) is 4.56. The number of carbonyl (C=O) groups excluding carboxylic acids is 2. The highest BCUT2D eigenvalue weighted by Gasteiger charge is 2.25. The third-order valence-corrected chi connectivity index (χ3v) is 6.66. The normalized spacial score (nSPS) is 17.5. The number of methoxy groups -OCH3 is 1. The number of ketones is 1. The third kappa shape index (κ3) is 7.34. The first kappa shape index (κ1) is 26.4. The Morgan fingerprint density at radius 2 is 1.70 bits per heavy atom. The summed E-state index contributed by atoms with van der Waals surface area (Å²) in [6, 6.07) is 9.03. The number of nitrogens with one attached hydrogen (secondary N) is 1. The van der Waals surface area contributed by atoms with Gasteiger partial charge in [-0.05, 0) is 93.7 Å². The van der Waals surface area contributed by atoms with Crippen LogP contribution in [0.2, 0.25) is 0 Å². The highest BCUT2D eigenvalue weighted by molar-refractivity contribution is 5.96. The van der Waals surface area contributed by atoms with E-state index in [4.69, 9.17) is 4.74 Å². The average molecular weight is 454 g/mol. The molecular formula is C28H39NO4. The third-order valence-electron chi connectivity index (χ3n) is 6.66. The van der Waals surface area contributed by atoms with Crippen LogP contribution in [0.1, 0.15) is 79.9 Å². The lowest BCUT2D eigenvalue weighted by Gasteiger charge is -2.27. The highest BCUT2D eigenvalue weighted by atomic mass is 16.5. The maximum Gasteiger partial charge on any atom is 0.227 e. The van der Waals surface area contributed by atoms with Crippen molar-refractivity contribution in [3.8, 4) is 11.5 Å². The highest BCUT2D eigenvalue weighted by Crippen LogP contribution is 2.32. The van der Waals surface area contributed by atoms with Crippen LogP contribution in [0.5, 0.6) is 11.5 Å². The smallest absolute Gasteiger partial charge is 0.227 e. The van der Waals surface area contributed by atoms with Crippen LogP contribution >= 0.6 is 0 Å². The fraction of sp³-hybridized carbons (Fsp3) is 0.500. The van der Waals surface area contributed by atoms with E-state index < -0.39 is 0 Å². The number of hydrogen-bond acceptors (Lipinski definition) is 4. The summed E-state index contributed by atoms with van der Waals surface area (Å²) < 4.78 is 5.29. The van der Waals surface area contributed by atoms with Gasteiger partial charge in [-0.2, -0.15) is 0 Å². The van der Waals surface area contributed by atoms with Gasteiger partial charge in [0.1, 0.15) is 11.5 Å². The molecule has 0 spiro atoms. The van der Waals surface area contributed by atoms with Crippen LogP contribution in [-0.2, 0) is 11.2 Å². The zero-order chi connectivity index (χ0) is 24.5.